The van der Waals surface area contributed by atoms with Gasteiger partial charge in [0.25, 0.3) is 0 Å². The lowest BCUT2D eigenvalue weighted by Crippen LogP contribution is -2.51. The maximum absolute atomic E-state index is 12.3. The summed E-state index contributed by atoms with van der Waals surface area (Å²) in [6.07, 6.45) is 4.28. The number of nitrogens with zero attached hydrogens (tertiary/aromatic N) is 2. The monoisotopic (exact) mass is 311 g/mol. The molecule has 0 unspecified atom stereocenters. The van der Waals surface area contributed by atoms with Gasteiger partial charge in [0.1, 0.15) is 0 Å². The number of amides is 1. The minimum atomic E-state index is 0.325. The number of carbonyl (C=O) groups excluding carboxylic acids is 1. The molecular formula is C19H25N3O. The number of hydrogen-bond donors (Lipinski definition) is 1. The molecule has 0 aromatic heterocycles. The topological polar surface area (TPSA) is 56.1 Å². The molecule has 1 aromatic carbocycles. The summed E-state index contributed by atoms with van der Waals surface area (Å²) in [5, 5.41) is 12.6. The van der Waals surface area contributed by atoms with E-state index in [2.05, 4.69) is 29.3 Å². The number of rotatable bonds is 5. The third-order valence-corrected chi connectivity index (χ3v) is 5.12. The van der Waals surface area contributed by atoms with Crippen molar-refractivity contribution in [2.45, 2.75) is 45.2 Å². The largest absolute Gasteiger partial charge is 0.342 e. The van der Waals surface area contributed by atoms with Gasteiger partial charge >= 0.3 is 0 Å². The van der Waals surface area contributed by atoms with E-state index in [1.807, 2.05) is 18.2 Å². The van der Waals surface area contributed by atoms with Crippen molar-refractivity contribution in [2.24, 2.45) is 11.8 Å². The standard InChI is InChI=1S/C19H25N3O/c1-2-16-13-22(19(23)17-6-7-17)9-8-18(16)21-12-15-5-3-4-14(10-15)11-20/h3-5,10,16-18,21H,2,6-9,12-13H2,1H3/t16-,18+/m1/s1. The molecular weight excluding hydrogens is 286 g/mol. The number of piperidine rings is 1. The number of likely N-dealkylation sites (tertiary alicyclic amines) is 1. The normalized spacial score (nSPS) is 24.3. The Bertz CT molecular complexity index is 603. The third-order valence-electron chi connectivity index (χ3n) is 5.12. The Morgan fingerprint density at radius 1 is 1.39 bits per heavy atom. The van der Waals surface area contributed by atoms with Gasteiger partial charge in [0.2, 0.25) is 5.91 Å². The van der Waals surface area contributed by atoms with Gasteiger partial charge in [0, 0.05) is 31.6 Å². The Labute approximate surface area is 138 Å². The first-order valence-corrected chi connectivity index (χ1v) is 8.72. The second-order valence-corrected chi connectivity index (χ2v) is 6.82. The Kier molecular flexibility index (Phi) is 4.97. The molecule has 4 heteroatoms. The fourth-order valence-corrected chi connectivity index (χ4v) is 3.50. The number of nitrogens with one attached hydrogen (secondary N) is 1. The van der Waals surface area contributed by atoms with Crippen molar-refractivity contribution in [3.63, 3.8) is 0 Å². The molecule has 1 saturated carbocycles. The Morgan fingerprint density at radius 2 is 2.22 bits per heavy atom. The van der Waals surface area contributed by atoms with Crippen LogP contribution in [0.1, 0.15) is 43.7 Å². The molecule has 23 heavy (non-hydrogen) atoms. The number of nitriles is 1. The van der Waals surface area contributed by atoms with E-state index in [0.717, 1.165) is 50.9 Å². The molecule has 2 aliphatic rings. The number of hydrogen-bond acceptors (Lipinski definition) is 3. The van der Waals surface area contributed by atoms with Crippen LogP contribution in [-0.2, 0) is 11.3 Å². The SMILES string of the molecule is CC[C@@H]1CN(C(=O)C2CC2)CC[C@@H]1NCc1cccc(C#N)c1. The lowest BCUT2D eigenvalue weighted by atomic mass is 9.89. The van der Waals surface area contributed by atoms with E-state index in [9.17, 15) is 4.79 Å². The highest BCUT2D eigenvalue weighted by Gasteiger charge is 2.37. The summed E-state index contributed by atoms with van der Waals surface area (Å²) in [6, 6.07) is 10.4. The average Bonchev–Trinajstić information content (AvgIpc) is 3.44. The van der Waals surface area contributed by atoms with Crippen molar-refractivity contribution >= 4 is 5.91 Å². The van der Waals surface area contributed by atoms with Crippen molar-refractivity contribution in [1.82, 2.24) is 10.2 Å². The molecule has 0 bridgehead atoms. The molecule has 1 amide bonds. The van der Waals surface area contributed by atoms with Crippen LogP contribution >= 0.6 is 0 Å². The molecule has 3 rings (SSSR count). The number of benzene rings is 1. The summed E-state index contributed by atoms with van der Waals surface area (Å²) in [7, 11) is 0. The van der Waals surface area contributed by atoms with Crippen molar-refractivity contribution in [1.29, 1.82) is 5.26 Å². The van der Waals surface area contributed by atoms with Crippen molar-refractivity contribution in [3.05, 3.63) is 35.4 Å². The van der Waals surface area contributed by atoms with Crippen LogP contribution in [0.3, 0.4) is 0 Å². The van der Waals surface area contributed by atoms with Gasteiger partial charge in [0.15, 0.2) is 0 Å². The summed E-state index contributed by atoms with van der Waals surface area (Å²) >= 11 is 0. The van der Waals surface area contributed by atoms with Crippen LogP contribution in [0.4, 0.5) is 0 Å². The van der Waals surface area contributed by atoms with Crippen LogP contribution in [0.2, 0.25) is 0 Å². The summed E-state index contributed by atoms with van der Waals surface area (Å²) in [5.41, 5.74) is 1.86. The zero-order valence-corrected chi connectivity index (χ0v) is 13.8. The highest BCUT2D eigenvalue weighted by molar-refractivity contribution is 5.81. The molecule has 122 valence electrons. The summed E-state index contributed by atoms with van der Waals surface area (Å²) < 4.78 is 0. The predicted molar refractivity (Wildman–Crippen MR) is 89.5 cm³/mol. The van der Waals surface area contributed by atoms with Gasteiger partial charge in [-0.1, -0.05) is 25.5 Å². The predicted octanol–water partition coefficient (Wildman–Crippen LogP) is 2.68. The number of carbonyl (C=O) groups is 1. The zero-order valence-electron chi connectivity index (χ0n) is 13.8. The molecule has 0 spiro atoms. The minimum Gasteiger partial charge on any atom is -0.342 e. The fourth-order valence-electron chi connectivity index (χ4n) is 3.50. The minimum absolute atomic E-state index is 0.325. The molecule has 1 N–H and O–H groups in total. The second-order valence-electron chi connectivity index (χ2n) is 6.82. The van der Waals surface area contributed by atoms with Crippen molar-refractivity contribution in [3.8, 4) is 6.07 Å². The Morgan fingerprint density at radius 3 is 2.91 bits per heavy atom. The van der Waals surface area contributed by atoms with Gasteiger partial charge in [0.05, 0.1) is 11.6 Å². The van der Waals surface area contributed by atoms with E-state index in [4.69, 9.17) is 5.26 Å². The quantitative estimate of drug-likeness (QED) is 0.909. The lowest BCUT2D eigenvalue weighted by Gasteiger charge is -2.39. The summed E-state index contributed by atoms with van der Waals surface area (Å²) in [6.45, 7) is 4.76. The van der Waals surface area contributed by atoms with E-state index >= 15 is 0 Å². The molecule has 4 nitrogen and oxygen atoms in total. The molecule has 2 fully saturated rings. The first-order chi connectivity index (χ1) is 11.2. The van der Waals surface area contributed by atoms with Gasteiger partial charge in [-0.05, 0) is 42.9 Å². The Hall–Kier alpha value is -1.86. The van der Waals surface area contributed by atoms with Crippen LogP contribution in [0.25, 0.3) is 0 Å². The third kappa shape index (κ3) is 3.92. The smallest absolute Gasteiger partial charge is 0.225 e. The molecule has 1 aliphatic heterocycles. The van der Waals surface area contributed by atoms with Gasteiger partial charge in [-0.15, -0.1) is 0 Å². The first kappa shape index (κ1) is 16.0. The lowest BCUT2D eigenvalue weighted by molar-refractivity contribution is -0.134. The van der Waals surface area contributed by atoms with E-state index < -0.39 is 0 Å². The first-order valence-electron chi connectivity index (χ1n) is 8.72. The molecule has 0 radical (unpaired) electrons. The highest BCUT2D eigenvalue weighted by Crippen LogP contribution is 2.33. The second kappa shape index (κ2) is 7.14. The fraction of sp³-hybridized carbons (Fsp3) is 0.579. The van der Waals surface area contributed by atoms with Crippen molar-refractivity contribution < 1.29 is 4.79 Å². The van der Waals surface area contributed by atoms with Gasteiger partial charge in [-0.3, -0.25) is 4.79 Å². The van der Waals surface area contributed by atoms with Crippen LogP contribution in [0, 0.1) is 23.2 Å². The maximum atomic E-state index is 12.3. The van der Waals surface area contributed by atoms with Crippen LogP contribution in [0.15, 0.2) is 24.3 Å². The van der Waals surface area contributed by atoms with Gasteiger partial charge in [-0.25, -0.2) is 0 Å². The average molecular weight is 311 g/mol. The van der Waals surface area contributed by atoms with E-state index in [-0.39, 0.29) is 0 Å². The van der Waals surface area contributed by atoms with Crippen LogP contribution < -0.4 is 5.32 Å². The summed E-state index contributed by atoms with van der Waals surface area (Å²) in [4.78, 5) is 14.3. The molecule has 1 aromatic rings. The van der Waals surface area contributed by atoms with Crippen molar-refractivity contribution in [2.75, 3.05) is 13.1 Å². The molecule has 1 heterocycles. The highest BCUT2D eigenvalue weighted by atomic mass is 16.2. The molecule has 2 atom stereocenters. The van der Waals surface area contributed by atoms with Crippen LogP contribution in [0.5, 0.6) is 0 Å². The maximum Gasteiger partial charge on any atom is 0.225 e. The molecule has 1 saturated heterocycles. The zero-order chi connectivity index (χ0) is 16.2. The summed E-state index contributed by atoms with van der Waals surface area (Å²) in [5.74, 6) is 1.22. The van der Waals surface area contributed by atoms with E-state index in [0.29, 0.717) is 29.3 Å². The van der Waals surface area contributed by atoms with Crippen LogP contribution in [-0.4, -0.2) is 29.9 Å². The Balaban J connectivity index is 1.55. The molecule has 1 aliphatic carbocycles. The van der Waals surface area contributed by atoms with E-state index in [1.54, 1.807) is 0 Å². The van der Waals surface area contributed by atoms with E-state index in [1.165, 1.54) is 0 Å². The van der Waals surface area contributed by atoms with Gasteiger partial charge in [-0.2, -0.15) is 5.26 Å². The van der Waals surface area contributed by atoms with Gasteiger partial charge < -0.3 is 10.2 Å².